The van der Waals surface area contributed by atoms with Crippen molar-refractivity contribution in [2.24, 2.45) is 0 Å². The highest BCUT2D eigenvalue weighted by atomic mass is 16.2. The van der Waals surface area contributed by atoms with E-state index < -0.39 is 0 Å². The molecule has 0 spiro atoms. The maximum atomic E-state index is 12.7. The fourth-order valence-electron chi connectivity index (χ4n) is 3.28. The summed E-state index contributed by atoms with van der Waals surface area (Å²) in [5.41, 5.74) is 1.37. The molecule has 0 atom stereocenters. The molecule has 3 rings (SSSR count). The Hall–Kier alpha value is -2.37. The minimum absolute atomic E-state index is 0.0149. The van der Waals surface area contributed by atoms with Crippen LogP contribution in [-0.4, -0.2) is 35.6 Å². The number of hydrogen-bond donors (Lipinski definition) is 1. The summed E-state index contributed by atoms with van der Waals surface area (Å²) in [6, 6.07) is 7.85. The number of carbonyl (C=O) groups is 1. The molecule has 0 radical (unpaired) electrons. The molecule has 6 heteroatoms. The molecule has 24 heavy (non-hydrogen) atoms. The van der Waals surface area contributed by atoms with Gasteiger partial charge < -0.3 is 14.8 Å². The van der Waals surface area contributed by atoms with Gasteiger partial charge >= 0.3 is 0 Å². The quantitative estimate of drug-likeness (QED) is 0.910. The maximum absolute atomic E-state index is 12.7. The van der Waals surface area contributed by atoms with Crippen LogP contribution in [0.2, 0.25) is 0 Å². The van der Waals surface area contributed by atoms with Crippen LogP contribution in [0.15, 0.2) is 29.1 Å². The van der Waals surface area contributed by atoms with Crippen LogP contribution in [0.25, 0.3) is 11.0 Å². The third-order valence-electron chi connectivity index (χ3n) is 4.54. The topological polar surface area (TPSA) is 67.2 Å². The Kier molecular flexibility index (Phi) is 4.83. The fourth-order valence-corrected chi connectivity index (χ4v) is 3.28. The van der Waals surface area contributed by atoms with Crippen molar-refractivity contribution in [1.82, 2.24) is 14.9 Å². The van der Waals surface area contributed by atoms with Gasteiger partial charge in [0.15, 0.2) is 5.82 Å². The second kappa shape index (κ2) is 7.03. The number of nitrogens with one attached hydrogen (secondary N) is 1. The lowest BCUT2D eigenvalue weighted by atomic mass is 10.2. The van der Waals surface area contributed by atoms with E-state index in [2.05, 4.69) is 10.3 Å². The van der Waals surface area contributed by atoms with Crippen molar-refractivity contribution in [2.45, 2.75) is 44.7 Å². The van der Waals surface area contributed by atoms with Crippen LogP contribution < -0.4 is 15.8 Å². The van der Waals surface area contributed by atoms with Crippen LogP contribution >= 0.6 is 0 Å². The Morgan fingerprint density at radius 1 is 1.29 bits per heavy atom. The number of anilines is 1. The number of fused-ring (bicyclic) bond motifs is 1. The Balaban J connectivity index is 1.83. The molecule has 1 N–H and O–H groups in total. The predicted octanol–water partition coefficient (Wildman–Crippen LogP) is 1.91. The van der Waals surface area contributed by atoms with Gasteiger partial charge in [-0.05, 0) is 25.0 Å². The second-order valence-electron chi connectivity index (χ2n) is 6.57. The number of hydrogen-bond acceptors (Lipinski definition) is 4. The number of carbonyl (C=O) groups excluding carboxylic acids is 1. The van der Waals surface area contributed by atoms with E-state index in [0.29, 0.717) is 24.8 Å². The van der Waals surface area contributed by atoms with Crippen molar-refractivity contribution < 1.29 is 4.79 Å². The van der Waals surface area contributed by atoms with Crippen LogP contribution in [0, 0.1) is 0 Å². The number of para-hydroxylation sites is 2. The van der Waals surface area contributed by atoms with E-state index in [4.69, 9.17) is 0 Å². The van der Waals surface area contributed by atoms with E-state index in [9.17, 15) is 9.59 Å². The summed E-state index contributed by atoms with van der Waals surface area (Å²) >= 11 is 0. The number of nitrogens with zero attached hydrogens (tertiary/aromatic N) is 3. The first-order chi connectivity index (χ1) is 11.6. The molecule has 0 aliphatic heterocycles. The second-order valence-corrected chi connectivity index (χ2v) is 6.57. The van der Waals surface area contributed by atoms with Crippen molar-refractivity contribution >= 4 is 22.8 Å². The van der Waals surface area contributed by atoms with Crippen molar-refractivity contribution in [3.63, 3.8) is 0 Å². The molecule has 1 aliphatic carbocycles. The SMILES string of the molecule is CN(C)c1nc2ccccc2n(CCC(=O)NC2CCCC2)c1=O. The first kappa shape index (κ1) is 16.5. The molecule has 128 valence electrons. The van der Waals surface area contributed by atoms with E-state index in [1.54, 1.807) is 23.6 Å². The van der Waals surface area contributed by atoms with Gasteiger partial charge in [-0.15, -0.1) is 0 Å². The third kappa shape index (κ3) is 3.42. The Labute approximate surface area is 141 Å². The average Bonchev–Trinajstić information content (AvgIpc) is 3.06. The van der Waals surface area contributed by atoms with Gasteiger partial charge in [0.25, 0.3) is 5.56 Å². The first-order valence-electron chi connectivity index (χ1n) is 8.52. The van der Waals surface area contributed by atoms with E-state index in [-0.39, 0.29) is 11.5 Å². The zero-order chi connectivity index (χ0) is 17.1. The van der Waals surface area contributed by atoms with E-state index in [1.807, 2.05) is 24.3 Å². The van der Waals surface area contributed by atoms with Crippen LogP contribution in [0.1, 0.15) is 32.1 Å². The maximum Gasteiger partial charge on any atom is 0.293 e. The molecule has 6 nitrogen and oxygen atoms in total. The van der Waals surface area contributed by atoms with Gasteiger partial charge in [-0.2, -0.15) is 0 Å². The minimum Gasteiger partial charge on any atom is -0.358 e. The van der Waals surface area contributed by atoms with Gasteiger partial charge in [-0.1, -0.05) is 25.0 Å². The molecule has 1 aliphatic rings. The normalized spacial score (nSPS) is 14.9. The highest BCUT2D eigenvalue weighted by molar-refractivity contribution is 5.78. The lowest BCUT2D eigenvalue weighted by Gasteiger charge is -2.17. The Bertz CT molecular complexity index is 791. The van der Waals surface area contributed by atoms with Gasteiger partial charge in [0.1, 0.15) is 0 Å². The van der Waals surface area contributed by atoms with Crippen molar-refractivity contribution in [2.75, 3.05) is 19.0 Å². The number of benzene rings is 1. The highest BCUT2D eigenvalue weighted by Crippen LogP contribution is 2.18. The monoisotopic (exact) mass is 328 g/mol. The van der Waals surface area contributed by atoms with Gasteiger partial charge in [0.05, 0.1) is 11.0 Å². The number of aromatic nitrogens is 2. The Morgan fingerprint density at radius 3 is 2.71 bits per heavy atom. The Morgan fingerprint density at radius 2 is 2.00 bits per heavy atom. The van der Waals surface area contributed by atoms with Gasteiger partial charge in [-0.3, -0.25) is 9.59 Å². The molecule has 1 fully saturated rings. The van der Waals surface area contributed by atoms with Crippen LogP contribution in [0.5, 0.6) is 0 Å². The molecule has 0 saturated heterocycles. The zero-order valence-corrected chi connectivity index (χ0v) is 14.3. The van der Waals surface area contributed by atoms with Crippen LogP contribution in [0.3, 0.4) is 0 Å². The molecule has 1 aromatic heterocycles. The zero-order valence-electron chi connectivity index (χ0n) is 14.3. The highest BCUT2D eigenvalue weighted by Gasteiger charge is 2.18. The first-order valence-corrected chi connectivity index (χ1v) is 8.52. The van der Waals surface area contributed by atoms with E-state index in [0.717, 1.165) is 23.9 Å². The fraction of sp³-hybridized carbons (Fsp3) is 0.500. The molecular formula is C18H24N4O2. The molecule has 0 unspecified atom stereocenters. The summed E-state index contributed by atoms with van der Waals surface area (Å²) in [4.78, 5) is 31.0. The molecule has 1 saturated carbocycles. The summed E-state index contributed by atoms with van der Waals surface area (Å²) in [5.74, 6) is 0.408. The summed E-state index contributed by atoms with van der Waals surface area (Å²) in [6.07, 6.45) is 4.80. The summed E-state index contributed by atoms with van der Waals surface area (Å²) < 4.78 is 1.66. The summed E-state index contributed by atoms with van der Waals surface area (Å²) in [5, 5.41) is 3.07. The number of amides is 1. The van der Waals surface area contributed by atoms with Crippen LogP contribution in [0.4, 0.5) is 5.82 Å². The van der Waals surface area contributed by atoms with Gasteiger partial charge in [0, 0.05) is 33.1 Å². The summed E-state index contributed by atoms with van der Waals surface area (Å²) in [6.45, 7) is 0.362. The van der Waals surface area contributed by atoms with Crippen molar-refractivity contribution in [3.05, 3.63) is 34.6 Å². The number of aryl methyl sites for hydroxylation is 1. The lowest BCUT2D eigenvalue weighted by molar-refractivity contribution is -0.121. The predicted molar refractivity (Wildman–Crippen MR) is 95.3 cm³/mol. The average molecular weight is 328 g/mol. The van der Waals surface area contributed by atoms with E-state index >= 15 is 0 Å². The molecular weight excluding hydrogens is 304 g/mol. The molecule has 0 bridgehead atoms. The van der Waals surface area contributed by atoms with Crippen molar-refractivity contribution in [3.8, 4) is 0 Å². The van der Waals surface area contributed by atoms with E-state index in [1.165, 1.54) is 12.8 Å². The summed E-state index contributed by atoms with van der Waals surface area (Å²) in [7, 11) is 3.60. The van der Waals surface area contributed by atoms with Crippen LogP contribution in [-0.2, 0) is 11.3 Å². The van der Waals surface area contributed by atoms with Crippen molar-refractivity contribution in [1.29, 1.82) is 0 Å². The molecule has 1 aromatic carbocycles. The smallest absolute Gasteiger partial charge is 0.293 e. The standard InChI is InChI=1S/C18H24N4O2/c1-21(2)17-18(24)22(15-10-6-5-9-14(15)20-17)12-11-16(23)19-13-7-3-4-8-13/h5-6,9-10,13H,3-4,7-8,11-12H2,1-2H3,(H,19,23). The third-order valence-corrected chi connectivity index (χ3v) is 4.54. The molecule has 1 heterocycles. The molecule has 2 aromatic rings. The lowest BCUT2D eigenvalue weighted by Crippen LogP contribution is -2.35. The number of rotatable bonds is 5. The minimum atomic E-state index is -0.160. The largest absolute Gasteiger partial charge is 0.358 e. The van der Waals surface area contributed by atoms with Gasteiger partial charge in [0.2, 0.25) is 5.91 Å². The van der Waals surface area contributed by atoms with Gasteiger partial charge in [-0.25, -0.2) is 4.98 Å². The molecule has 1 amide bonds.